The molecular formula is C24H20N4O3S. The van der Waals surface area contributed by atoms with E-state index in [0.717, 1.165) is 10.7 Å². The van der Waals surface area contributed by atoms with E-state index in [1.807, 2.05) is 23.6 Å². The second kappa shape index (κ2) is 9.84. The Balaban J connectivity index is 1.32. The van der Waals surface area contributed by atoms with Crippen molar-refractivity contribution in [3.05, 3.63) is 89.6 Å². The van der Waals surface area contributed by atoms with Crippen molar-refractivity contribution in [3.8, 4) is 16.5 Å². The van der Waals surface area contributed by atoms with E-state index in [2.05, 4.69) is 20.6 Å². The van der Waals surface area contributed by atoms with Gasteiger partial charge in [0.15, 0.2) is 0 Å². The Morgan fingerprint density at radius 1 is 0.938 bits per heavy atom. The highest BCUT2D eigenvalue weighted by atomic mass is 32.1. The molecule has 8 heteroatoms. The van der Waals surface area contributed by atoms with Gasteiger partial charge >= 0.3 is 0 Å². The van der Waals surface area contributed by atoms with Gasteiger partial charge in [0.2, 0.25) is 5.91 Å². The number of amides is 2. The summed E-state index contributed by atoms with van der Waals surface area (Å²) in [6.45, 7) is 0. The van der Waals surface area contributed by atoms with Gasteiger partial charge in [0, 0.05) is 28.5 Å². The number of thiazole rings is 1. The molecule has 0 aliphatic heterocycles. The van der Waals surface area contributed by atoms with Crippen molar-refractivity contribution in [2.24, 2.45) is 0 Å². The summed E-state index contributed by atoms with van der Waals surface area (Å²) in [5.74, 6) is 0.296. The highest BCUT2D eigenvalue weighted by Crippen LogP contribution is 2.22. The lowest BCUT2D eigenvalue weighted by molar-refractivity contribution is -0.115. The molecule has 0 saturated carbocycles. The lowest BCUT2D eigenvalue weighted by Gasteiger charge is -2.08. The van der Waals surface area contributed by atoms with Gasteiger partial charge in [-0.2, -0.15) is 0 Å². The van der Waals surface area contributed by atoms with Crippen LogP contribution in [0.2, 0.25) is 0 Å². The maximum Gasteiger partial charge on any atom is 0.255 e. The van der Waals surface area contributed by atoms with Crippen molar-refractivity contribution < 1.29 is 14.3 Å². The number of ether oxygens (including phenoxy) is 1. The fourth-order valence-electron chi connectivity index (χ4n) is 2.95. The highest BCUT2D eigenvalue weighted by molar-refractivity contribution is 7.13. The Labute approximate surface area is 189 Å². The van der Waals surface area contributed by atoms with Crippen LogP contribution in [0.3, 0.4) is 0 Å². The predicted octanol–water partition coefficient (Wildman–Crippen LogP) is 4.65. The molecule has 0 unspecified atom stereocenters. The number of pyridine rings is 1. The van der Waals surface area contributed by atoms with Gasteiger partial charge in [0.05, 0.1) is 24.9 Å². The number of carbonyl (C=O) groups is 2. The van der Waals surface area contributed by atoms with E-state index < -0.39 is 0 Å². The van der Waals surface area contributed by atoms with Gasteiger partial charge in [-0.15, -0.1) is 11.3 Å². The Morgan fingerprint density at radius 2 is 1.66 bits per heavy atom. The van der Waals surface area contributed by atoms with Crippen molar-refractivity contribution in [3.63, 3.8) is 0 Å². The zero-order valence-electron chi connectivity index (χ0n) is 17.2. The lowest BCUT2D eigenvalue weighted by Crippen LogP contribution is -2.15. The van der Waals surface area contributed by atoms with Crippen LogP contribution in [0.25, 0.3) is 10.7 Å². The number of anilines is 2. The summed E-state index contributed by atoms with van der Waals surface area (Å²) in [5.41, 5.74) is 3.23. The summed E-state index contributed by atoms with van der Waals surface area (Å²) >= 11 is 1.45. The summed E-state index contributed by atoms with van der Waals surface area (Å²) < 4.78 is 5.11. The highest BCUT2D eigenvalue weighted by Gasteiger charge is 2.11. The minimum absolute atomic E-state index is 0.156. The molecule has 7 nitrogen and oxygen atoms in total. The maximum atomic E-state index is 12.4. The smallest absolute Gasteiger partial charge is 0.255 e. The Morgan fingerprint density at radius 3 is 2.34 bits per heavy atom. The summed E-state index contributed by atoms with van der Waals surface area (Å²) in [6, 6.07) is 19.4. The maximum absolute atomic E-state index is 12.4. The van der Waals surface area contributed by atoms with Gasteiger partial charge in [-0.3, -0.25) is 14.6 Å². The fourth-order valence-corrected chi connectivity index (χ4v) is 3.74. The standard InChI is InChI=1S/C24H20N4O3S/c1-31-20-11-9-18(10-12-20)27-23(30)16-5-7-17(8-6-16)26-22(29)14-19-15-32-24(28-19)21-4-2-3-13-25-21/h2-13,15H,14H2,1H3,(H,26,29)(H,27,30). The molecule has 0 bridgehead atoms. The number of hydrogen-bond donors (Lipinski definition) is 2. The van der Waals surface area contributed by atoms with Crippen molar-refractivity contribution in [1.82, 2.24) is 9.97 Å². The molecule has 160 valence electrons. The first-order chi connectivity index (χ1) is 15.6. The molecule has 2 heterocycles. The van der Waals surface area contributed by atoms with Crippen LogP contribution in [-0.4, -0.2) is 28.9 Å². The van der Waals surface area contributed by atoms with Crippen molar-refractivity contribution >= 4 is 34.5 Å². The Kier molecular flexibility index (Phi) is 6.52. The third-order valence-electron chi connectivity index (χ3n) is 4.56. The van der Waals surface area contributed by atoms with Crippen LogP contribution in [0.5, 0.6) is 5.75 Å². The topological polar surface area (TPSA) is 93.2 Å². The average molecular weight is 445 g/mol. The first-order valence-electron chi connectivity index (χ1n) is 9.82. The van der Waals surface area contributed by atoms with Crippen LogP contribution in [0.4, 0.5) is 11.4 Å². The van der Waals surface area contributed by atoms with E-state index in [1.54, 1.807) is 61.8 Å². The van der Waals surface area contributed by atoms with Gasteiger partial charge in [0.25, 0.3) is 5.91 Å². The van der Waals surface area contributed by atoms with Gasteiger partial charge in [-0.05, 0) is 60.7 Å². The van der Waals surface area contributed by atoms with Crippen LogP contribution in [0.1, 0.15) is 16.1 Å². The average Bonchev–Trinajstić information content (AvgIpc) is 3.29. The number of benzene rings is 2. The Bertz CT molecular complexity index is 1210. The van der Waals surface area contributed by atoms with Crippen LogP contribution >= 0.6 is 11.3 Å². The lowest BCUT2D eigenvalue weighted by atomic mass is 10.2. The molecule has 0 radical (unpaired) electrons. The second-order valence-corrected chi connectivity index (χ2v) is 7.70. The fraction of sp³-hybridized carbons (Fsp3) is 0.0833. The van der Waals surface area contributed by atoms with E-state index in [0.29, 0.717) is 28.4 Å². The molecule has 2 aromatic heterocycles. The van der Waals surface area contributed by atoms with Gasteiger partial charge in [-0.1, -0.05) is 6.07 Å². The molecular weight excluding hydrogens is 424 g/mol. The first-order valence-corrected chi connectivity index (χ1v) is 10.7. The summed E-state index contributed by atoms with van der Waals surface area (Å²) in [4.78, 5) is 33.6. The van der Waals surface area contributed by atoms with Crippen molar-refractivity contribution in [2.75, 3.05) is 17.7 Å². The minimum Gasteiger partial charge on any atom is -0.497 e. The first kappa shape index (κ1) is 21.2. The molecule has 0 aliphatic carbocycles. The van der Waals surface area contributed by atoms with E-state index >= 15 is 0 Å². The number of rotatable bonds is 7. The Hall–Kier alpha value is -4.04. The van der Waals surface area contributed by atoms with E-state index in [9.17, 15) is 9.59 Å². The number of hydrogen-bond acceptors (Lipinski definition) is 6. The molecule has 0 atom stereocenters. The quantitative estimate of drug-likeness (QED) is 0.433. The molecule has 0 aliphatic rings. The normalized spacial score (nSPS) is 10.4. The number of nitrogens with one attached hydrogen (secondary N) is 2. The van der Waals surface area contributed by atoms with Gasteiger partial charge < -0.3 is 15.4 Å². The monoisotopic (exact) mass is 444 g/mol. The number of methoxy groups -OCH3 is 1. The zero-order chi connectivity index (χ0) is 22.3. The van der Waals surface area contributed by atoms with E-state index in [-0.39, 0.29) is 18.2 Å². The van der Waals surface area contributed by atoms with Crippen molar-refractivity contribution in [1.29, 1.82) is 0 Å². The molecule has 4 rings (SSSR count). The van der Waals surface area contributed by atoms with Gasteiger partial charge in [0.1, 0.15) is 10.8 Å². The molecule has 0 saturated heterocycles. The molecule has 2 N–H and O–H groups in total. The molecule has 32 heavy (non-hydrogen) atoms. The molecule has 2 amide bonds. The number of nitrogens with zero attached hydrogens (tertiary/aromatic N) is 2. The summed E-state index contributed by atoms with van der Waals surface area (Å²) in [6.07, 6.45) is 1.87. The molecule has 4 aromatic rings. The van der Waals surface area contributed by atoms with Crippen LogP contribution < -0.4 is 15.4 Å². The van der Waals surface area contributed by atoms with E-state index in [4.69, 9.17) is 4.74 Å². The van der Waals surface area contributed by atoms with Gasteiger partial charge in [-0.25, -0.2) is 4.98 Å². The van der Waals surface area contributed by atoms with Crippen LogP contribution in [0.15, 0.2) is 78.3 Å². The van der Waals surface area contributed by atoms with E-state index in [1.165, 1.54) is 11.3 Å². The second-order valence-electron chi connectivity index (χ2n) is 6.84. The third kappa shape index (κ3) is 5.35. The number of carbonyl (C=O) groups excluding carboxylic acids is 2. The van der Waals surface area contributed by atoms with Crippen LogP contribution in [-0.2, 0) is 11.2 Å². The molecule has 0 spiro atoms. The molecule has 0 fully saturated rings. The third-order valence-corrected chi connectivity index (χ3v) is 5.47. The molecule has 2 aromatic carbocycles. The minimum atomic E-state index is -0.238. The number of aromatic nitrogens is 2. The van der Waals surface area contributed by atoms with Crippen LogP contribution in [0, 0.1) is 0 Å². The van der Waals surface area contributed by atoms with Crippen molar-refractivity contribution in [2.45, 2.75) is 6.42 Å². The zero-order valence-corrected chi connectivity index (χ0v) is 18.1. The summed E-state index contributed by atoms with van der Waals surface area (Å²) in [7, 11) is 1.59. The summed E-state index contributed by atoms with van der Waals surface area (Å²) in [5, 5.41) is 8.29. The SMILES string of the molecule is COc1ccc(NC(=O)c2ccc(NC(=O)Cc3csc(-c4ccccn4)n3)cc2)cc1. The predicted molar refractivity (Wildman–Crippen MR) is 125 cm³/mol. The largest absolute Gasteiger partial charge is 0.497 e.